The highest BCUT2D eigenvalue weighted by atomic mass is 32.1. The van der Waals surface area contributed by atoms with Crippen LogP contribution in [-0.2, 0) is 4.79 Å². The Bertz CT molecular complexity index is 486. The van der Waals surface area contributed by atoms with Crippen LogP contribution >= 0.6 is 22.7 Å². The minimum Gasteiger partial charge on any atom is -0.480 e. The summed E-state index contributed by atoms with van der Waals surface area (Å²) in [7, 11) is 0. The molecule has 78 valence electrons. The number of carboxylic acids is 1. The second-order valence-electron chi connectivity index (χ2n) is 2.84. The Hall–Kier alpha value is -1.40. The van der Waals surface area contributed by atoms with Gasteiger partial charge in [-0.05, 0) is 17.5 Å². The number of hydrogen-bond acceptors (Lipinski definition) is 4. The largest absolute Gasteiger partial charge is 0.480 e. The first kappa shape index (κ1) is 10.1. The summed E-state index contributed by atoms with van der Waals surface area (Å²) in [6.45, 7) is -0.343. The predicted octanol–water partition coefficient (Wildman–Crippen LogP) is 1.78. The number of amides is 1. The van der Waals surface area contributed by atoms with E-state index in [2.05, 4.69) is 5.32 Å². The van der Waals surface area contributed by atoms with Gasteiger partial charge in [0, 0.05) is 9.40 Å². The number of carbonyl (C=O) groups is 2. The Morgan fingerprint density at radius 2 is 2.20 bits per heavy atom. The fraction of sp³-hybridized carbons (Fsp3) is 0.111. The number of nitrogens with one attached hydrogen (secondary N) is 1. The summed E-state index contributed by atoms with van der Waals surface area (Å²) in [6, 6.07) is 3.72. The van der Waals surface area contributed by atoms with E-state index in [4.69, 9.17) is 5.11 Å². The average Bonchev–Trinajstić information content (AvgIpc) is 2.72. The van der Waals surface area contributed by atoms with E-state index < -0.39 is 5.97 Å². The Morgan fingerprint density at radius 3 is 2.87 bits per heavy atom. The van der Waals surface area contributed by atoms with Crippen molar-refractivity contribution < 1.29 is 14.7 Å². The molecule has 0 saturated carbocycles. The highest BCUT2D eigenvalue weighted by molar-refractivity contribution is 7.27. The molecular weight excluding hydrogens is 234 g/mol. The molecule has 0 fully saturated rings. The van der Waals surface area contributed by atoms with Crippen molar-refractivity contribution in [2.24, 2.45) is 0 Å². The van der Waals surface area contributed by atoms with Crippen LogP contribution in [0.5, 0.6) is 0 Å². The molecule has 0 spiro atoms. The van der Waals surface area contributed by atoms with E-state index >= 15 is 0 Å². The van der Waals surface area contributed by atoms with E-state index in [9.17, 15) is 9.59 Å². The van der Waals surface area contributed by atoms with Gasteiger partial charge >= 0.3 is 5.97 Å². The quantitative estimate of drug-likeness (QED) is 0.860. The molecule has 0 aliphatic rings. The molecule has 0 saturated heterocycles. The number of carboxylic acid groups (broad SMARTS) is 1. The number of carbonyl (C=O) groups excluding carboxylic acids is 1. The Morgan fingerprint density at radius 1 is 1.40 bits per heavy atom. The van der Waals surface area contributed by atoms with Gasteiger partial charge in [0.25, 0.3) is 5.91 Å². The monoisotopic (exact) mass is 241 g/mol. The van der Waals surface area contributed by atoms with Crippen LogP contribution in [0.4, 0.5) is 0 Å². The van der Waals surface area contributed by atoms with Crippen LogP contribution < -0.4 is 5.32 Å². The third-order valence-corrected chi connectivity index (χ3v) is 3.86. The molecule has 15 heavy (non-hydrogen) atoms. The molecule has 2 heterocycles. The van der Waals surface area contributed by atoms with Crippen LogP contribution in [-0.4, -0.2) is 23.5 Å². The van der Waals surface area contributed by atoms with Crippen molar-refractivity contribution in [3.05, 3.63) is 22.4 Å². The van der Waals surface area contributed by atoms with Gasteiger partial charge < -0.3 is 10.4 Å². The maximum absolute atomic E-state index is 11.5. The first-order chi connectivity index (χ1) is 7.16. The number of aliphatic carboxylic acids is 1. The summed E-state index contributed by atoms with van der Waals surface area (Å²) < 4.78 is 2.11. The molecule has 0 radical (unpaired) electrons. The third-order valence-electron chi connectivity index (χ3n) is 1.76. The molecule has 2 aromatic rings. The zero-order valence-corrected chi connectivity index (χ0v) is 9.15. The van der Waals surface area contributed by atoms with Crippen molar-refractivity contribution >= 4 is 43.9 Å². The molecular formula is C9H7NO3S2. The first-order valence-corrected chi connectivity index (χ1v) is 5.83. The van der Waals surface area contributed by atoms with Crippen molar-refractivity contribution in [3.8, 4) is 0 Å². The van der Waals surface area contributed by atoms with Crippen LogP contribution in [0.15, 0.2) is 17.5 Å². The maximum atomic E-state index is 11.5. The standard InChI is InChI=1S/C9H7NO3S2/c11-8(12)4-10-9(13)7-3-6-5(15-7)1-2-14-6/h1-3H,4H2,(H,10,13)(H,11,12). The number of thiophene rings is 2. The van der Waals surface area contributed by atoms with Gasteiger partial charge in [-0.3, -0.25) is 9.59 Å². The molecule has 4 nitrogen and oxygen atoms in total. The third kappa shape index (κ3) is 2.16. The fourth-order valence-electron chi connectivity index (χ4n) is 1.12. The van der Waals surface area contributed by atoms with Crippen LogP contribution in [0.25, 0.3) is 9.40 Å². The van der Waals surface area contributed by atoms with Gasteiger partial charge in [0.1, 0.15) is 6.54 Å². The zero-order chi connectivity index (χ0) is 10.8. The minimum atomic E-state index is -1.04. The molecule has 0 aliphatic heterocycles. The Kier molecular flexibility index (Phi) is 2.70. The molecule has 2 rings (SSSR count). The molecule has 0 aliphatic carbocycles. The molecule has 6 heteroatoms. The number of fused-ring (bicyclic) bond motifs is 1. The molecule has 0 atom stereocenters. The lowest BCUT2D eigenvalue weighted by Crippen LogP contribution is -2.28. The van der Waals surface area contributed by atoms with E-state index in [0.717, 1.165) is 9.40 Å². The van der Waals surface area contributed by atoms with Gasteiger partial charge in [0.15, 0.2) is 0 Å². The highest BCUT2D eigenvalue weighted by Crippen LogP contribution is 2.29. The molecule has 0 unspecified atom stereocenters. The van der Waals surface area contributed by atoms with Crippen molar-refractivity contribution in [3.63, 3.8) is 0 Å². The summed E-state index contributed by atoms with van der Waals surface area (Å²) in [5, 5.41) is 12.7. The van der Waals surface area contributed by atoms with Gasteiger partial charge in [-0.15, -0.1) is 22.7 Å². The SMILES string of the molecule is O=C(O)CNC(=O)c1cc2sccc2s1. The lowest BCUT2D eigenvalue weighted by atomic mass is 10.4. The lowest BCUT2D eigenvalue weighted by Gasteiger charge is -1.97. The van der Waals surface area contributed by atoms with Crippen LogP contribution in [0.1, 0.15) is 9.67 Å². The van der Waals surface area contributed by atoms with E-state index in [1.165, 1.54) is 11.3 Å². The van der Waals surface area contributed by atoms with Crippen molar-refractivity contribution in [1.29, 1.82) is 0 Å². The van der Waals surface area contributed by atoms with Gasteiger partial charge in [0.2, 0.25) is 0 Å². The van der Waals surface area contributed by atoms with Gasteiger partial charge in [0.05, 0.1) is 4.88 Å². The van der Waals surface area contributed by atoms with E-state index in [1.54, 1.807) is 17.4 Å². The van der Waals surface area contributed by atoms with Gasteiger partial charge in [-0.1, -0.05) is 0 Å². The predicted molar refractivity (Wildman–Crippen MR) is 59.7 cm³/mol. The summed E-state index contributed by atoms with van der Waals surface area (Å²) in [5.74, 6) is -1.37. The zero-order valence-electron chi connectivity index (χ0n) is 7.52. The van der Waals surface area contributed by atoms with E-state index in [0.29, 0.717) is 4.88 Å². The summed E-state index contributed by atoms with van der Waals surface area (Å²) in [6.07, 6.45) is 0. The van der Waals surface area contributed by atoms with Crippen molar-refractivity contribution in [1.82, 2.24) is 5.32 Å². The normalized spacial score (nSPS) is 10.4. The summed E-state index contributed by atoms with van der Waals surface area (Å²) in [5.41, 5.74) is 0. The van der Waals surface area contributed by atoms with E-state index in [-0.39, 0.29) is 12.5 Å². The van der Waals surface area contributed by atoms with Crippen LogP contribution in [0.3, 0.4) is 0 Å². The minimum absolute atomic E-state index is 0.328. The van der Waals surface area contributed by atoms with Gasteiger partial charge in [-0.25, -0.2) is 0 Å². The highest BCUT2D eigenvalue weighted by Gasteiger charge is 2.11. The summed E-state index contributed by atoms with van der Waals surface area (Å²) in [4.78, 5) is 22.3. The Balaban J connectivity index is 2.13. The fourth-order valence-corrected chi connectivity index (χ4v) is 3.15. The lowest BCUT2D eigenvalue weighted by molar-refractivity contribution is -0.135. The molecule has 1 amide bonds. The van der Waals surface area contributed by atoms with E-state index in [1.807, 2.05) is 11.4 Å². The maximum Gasteiger partial charge on any atom is 0.322 e. The number of hydrogen-bond donors (Lipinski definition) is 2. The molecule has 0 aromatic carbocycles. The van der Waals surface area contributed by atoms with Crippen molar-refractivity contribution in [2.45, 2.75) is 0 Å². The first-order valence-electron chi connectivity index (χ1n) is 4.14. The second-order valence-corrected chi connectivity index (χ2v) is 4.87. The average molecular weight is 241 g/mol. The smallest absolute Gasteiger partial charge is 0.322 e. The number of rotatable bonds is 3. The molecule has 2 aromatic heterocycles. The summed E-state index contributed by atoms with van der Waals surface area (Å²) >= 11 is 2.93. The molecule has 2 N–H and O–H groups in total. The second kappa shape index (κ2) is 4.00. The van der Waals surface area contributed by atoms with Crippen molar-refractivity contribution in [2.75, 3.05) is 6.54 Å². The van der Waals surface area contributed by atoms with Crippen LogP contribution in [0.2, 0.25) is 0 Å². The van der Waals surface area contributed by atoms with Crippen LogP contribution in [0, 0.1) is 0 Å². The topological polar surface area (TPSA) is 66.4 Å². The van der Waals surface area contributed by atoms with Gasteiger partial charge in [-0.2, -0.15) is 0 Å². The Labute approximate surface area is 93.2 Å². The molecule has 0 bridgehead atoms.